The van der Waals surface area contributed by atoms with Crippen molar-refractivity contribution < 1.29 is 32.2 Å². The molecule has 2 aromatic carbocycles. The molecule has 1 fully saturated rings. The molecule has 0 aliphatic carbocycles. The Bertz CT molecular complexity index is 938. The van der Waals surface area contributed by atoms with Gasteiger partial charge in [-0.3, -0.25) is 0 Å². The molecule has 0 spiro atoms. The highest BCUT2D eigenvalue weighted by Gasteiger charge is 2.26. The number of ether oxygens (including phenoxy) is 3. The lowest BCUT2D eigenvalue weighted by molar-refractivity contribution is 0.0297. The van der Waals surface area contributed by atoms with Crippen molar-refractivity contribution in [3.8, 4) is 5.75 Å². The van der Waals surface area contributed by atoms with Crippen LogP contribution in [0.2, 0.25) is 0 Å². The minimum absolute atomic E-state index is 0.0791. The first-order valence-corrected chi connectivity index (χ1v) is 11.3. The quantitative estimate of drug-likeness (QED) is 0.474. The standard InChI is InChI=1S/C22H26FNO6S/c1-15(2)29-22(25)28-13-16-4-3-5-18(10-16)30-19-8-9-24(12-19)21-7-6-17(11-20(21)23)14-31(26)27/h3-7,10-11,15,19H,8-9,12-14H2,1-2H3,(H,26,27)/t19-/m0/s1. The van der Waals surface area contributed by atoms with Crippen molar-refractivity contribution in [2.45, 2.75) is 44.8 Å². The molecule has 0 radical (unpaired) electrons. The summed E-state index contributed by atoms with van der Waals surface area (Å²) in [5.41, 5.74) is 1.70. The molecule has 1 N–H and O–H groups in total. The number of benzene rings is 2. The third-order valence-electron chi connectivity index (χ3n) is 4.68. The Labute approximate surface area is 183 Å². The molecular weight excluding hydrogens is 425 g/mol. The van der Waals surface area contributed by atoms with Crippen molar-refractivity contribution in [2.75, 3.05) is 18.0 Å². The minimum Gasteiger partial charge on any atom is -0.489 e. The lowest BCUT2D eigenvalue weighted by atomic mass is 10.2. The lowest BCUT2D eigenvalue weighted by Crippen LogP contribution is -2.25. The molecule has 9 heteroatoms. The molecule has 1 heterocycles. The van der Waals surface area contributed by atoms with E-state index in [1.807, 2.05) is 23.1 Å². The van der Waals surface area contributed by atoms with Crippen LogP contribution in [0.3, 0.4) is 0 Å². The second-order valence-corrected chi connectivity index (χ2v) is 8.51. The van der Waals surface area contributed by atoms with Gasteiger partial charge in [-0.15, -0.1) is 0 Å². The summed E-state index contributed by atoms with van der Waals surface area (Å²) < 4.78 is 50.4. The molecule has 1 saturated heterocycles. The summed E-state index contributed by atoms with van der Waals surface area (Å²) in [4.78, 5) is 13.4. The largest absolute Gasteiger partial charge is 0.508 e. The summed E-state index contributed by atoms with van der Waals surface area (Å²) >= 11 is -2.01. The molecule has 2 aromatic rings. The normalized spacial score (nSPS) is 16.9. The van der Waals surface area contributed by atoms with Gasteiger partial charge in [0.25, 0.3) is 0 Å². The Hall–Kier alpha value is -2.65. The molecule has 168 valence electrons. The van der Waals surface area contributed by atoms with Gasteiger partial charge in [0, 0.05) is 13.0 Å². The zero-order valence-electron chi connectivity index (χ0n) is 17.5. The van der Waals surface area contributed by atoms with E-state index in [9.17, 15) is 13.4 Å². The zero-order valence-corrected chi connectivity index (χ0v) is 18.3. The molecule has 1 aliphatic rings. The molecular formula is C22H26FNO6S. The monoisotopic (exact) mass is 451 g/mol. The van der Waals surface area contributed by atoms with E-state index in [0.717, 1.165) is 12.0 Å². The van der Waals surface area contributed by atoms with Crippen LogP contribution < -0.4 is 9.64 Å². The maximum absolute atomic E-state index is 14.5. The fraction of sp³-hybridized carbons (Fsp3) is 0.409. The first-order chi connectivity index (χ1) is 14.8. The molecule has 0 bridgehead atoms. The van der Waals surface area contributed by atoms with Crippen LogP contribution in [0.4, 0.5) is 14.9 Å². The smallest absolute Gasteiger partial charge is 0.489 e. The highest BCUT2D eigenvalue weighted by Crippen LogP contribution is 2.27. The van der Waals surface area contributed by atoms with E-state index in [-0.39, 0.29) is 24.6 Å². The number of carbonyl (C=O) groups is 1. The van der Waals surface area contributed by atoms with Crippen LogP contribution in [0.5, 0.6) is 5.75 Å². The molecule has 1 aliphatic heterocycles. The molecule has 0 saturated carbocycles. The first kappa shape index (κ1) is 23.0. The summed E-state index contributed by atoms with van der Waals surface area (Å²) in [6.45, 7) is 4.73. The number of hydrogen-bond acceptors (Lipinski definition) is 6. The molecule has 31 heavy (non-hydrogen) atoms. The number of hydrogen-bond donors (Lipinski definition) is 1. The first-order valence-electron chi connectivity index (χ1n) is 10.00. The third kappa shape index (κ3) is 6.93. The number of carbonyl (C=O) groups excluding carboxylic acids is 1. The fourth-order valence-electron chi connectivity index (χ4n) is 3.35. The van der Waals surface area contributed by atoms with Crippen LogP contribution in [0, 0.1) is 5.82 Å². The second kappa shape index (κ2) is 10.6. The Morgan fingerprint density at radius 1 is 1.26 bits per heavy atom. The van der Waals surface area contributed by atoms with E-state index in [2.05, 4.69) is 0 Å². The van der Waals surface area contributed by atoms with E-state index in [1.54, 1.807) is 32.0 Å². The fourth-order valence-corrected chi connectivity index (χ4v) is 3.82. The molecule has 0 aromatic heterocycles. The predicted molar refractivity (Wildman–Crippen MR) is 115 cm³/mol. The summed E-state index contributed by atoms with van der Waals surface area (Å²) in [6.07, 6.45) is -0.354. The van der Waals surface area contributed by atoms with Crippen LogP contribution in [0.15, 0.2) is 42.5 Å². The van der Waals surface area contributed by atoms with Gasteiger partial charge in [0.2, 0.25) is 0 Å². The number of nitrogens with zero attached hydrogens (tertiary/aromatic N) is 1. The highest BCUT2D eigenvalue weighted by molar-refractivity contribution is 7.78. The topological polar surface area (TPSA) is 85.3 Å². The van der Waals surface area contributed by atoms with Gasteiger partial charge in [-0.05, 0) is 49.2 Å². The van der Waals surface area contributed by atoms with E-state index in [4.69, 9.17) is 18.8 Å². The molecule has 3 rings (SSSR count). The van der Waals surface area contributed by atoms with Crippen LogP contribution in [-0.4, -0.2) is 40.2 Å². The molecule has 7 nitrogen and oxygen atoms in total. The lowest BCUT2D eigenvalue weighted by Gasteiger charge is -2.20. The van der Waals surface area contributed by atoms with Crippen molar-refractivity contribution >= 4 is 22.9 Å². The van der Waals surface area contributed by atoms with Crippen molar-refractivity contribution in [1.82, 2.24) is 0 Å². The highest BCUT2D eigenvalue weighted by atomic mass is 32.2. The van der Waals surface area contributed by atoms with E-state index in [0.29, 0.717) is 30.1 Å². The third-order valence-corrected chi connectivity index (χ3v) is 5.26. The predicted octanol–water partition coefficient (Wildman–Crippen LogP) is 4.27. The Kier molecular flexibility index (Phi) is 7.86. The Morgan fingerprint density at radius 2 is 2.06 bits per heavy atom. The van der Waals surface area contributed by atoms with Gasteiger partial charge in [0.1, 0.15) is 24.3 Å². The van der Waals surface area contributed by atoms with Crippen LogP contribution in [0.25, 0.3) is 0 Å². The second-order valence-electron chi connectivity index (χ2n) is 7.58. The van der Waals surface area contributed by atoms with Crippen LogP contribution in [0.1, 0.15) is 31.4 Å². The average Bonchev–Trinajstić information content (AvgIpc) is 3.14. The molecule has 0 amide bonds. The van der Waals surface area contributed by atoms with Crippen LogP contribution in [-0.2, 0) is 32.9 Å². The summed E-state index contributed by atoms with van der Waals surface area (Å²) in [5, 5.41) is 0. The van der Waals surface area contributed by atoms with Crippen molar-refractivity contribution in [2.24, 2.45) is 0 Å². The van der Waals surface area contributed by atoms with Gasteiger partial charge in [0.15, 0.2) is 11.1 Å². The molecule has 2 atom stereocenters. The van der Waals surface area contributed by atoms with Crippen molar-refractivity contribution in [1.29, 1.82) is 0 Å². The van der Waals surface area contributed by atoms with E-state index >= 15 is 0 Å². The Balaban J connectivity index is 1.55. The van der Waals surface area contributed by atoms with Crippen LogP contribution >= 0.6 is 0 Å². The number of rotatable bonds is 8. The van der Waals surface area contributed by atoms with E-state index < -0.39 is 23.1 Å². The SMILES string of the molecule is CC(C)OC(=O)OCc1cccc(O[C@H]2CCN(c3ccc(CS(=O)O)cc3F)C2)c1. The molecule has 1 unspecified atom stereocenters. The van der Waals surface area contributed by atoms with Crippen molar-refractivity contribution in [3.05, 3.63) is 59.4 Å². The minimum atomic E-state index is -2.01. The van der Waals surface area contributed by atoms with Gasteiger partial charge < -0.3 is 23.7 Å². The van der Waals surface area contributed by atoms with E-state index in [1.165, 1.54) is 6.07 Å². The average molecular weight is 452 g/mol. The number of halogens is 1. The van der Waals surface area contributed by atoms with Gasteiger partial charge in [-0.25, -0.2) is 13.4 Å². The summed E-state index contributed by atoms with van der Waals surface area (Å²) in [6, 6.07) is 11.9. The Morgan fingerprint density at radius 3 is 2.77 bits per heavy atom. The van der Waals surface area contributed by atoms with Gasteiger partial charge in [0.05, 0.1) is 24.1 Å². The summed E-state index contributed by atoms with van der Waals surface area (Å²) in [7, 11) is 0. The number of anilines is 1. The maximum Gasteiger partial charge on any atom is 0.508 e. The summed E-state index contributed by atoms with van der Waals surface area (Å²) in [5.74, 6) is 0.125. The van der Waals surface area contributed by atoms with Gasteiger partial charge >= 0.3 is 6.16 Å². The van der Waals surface area contributed by atoms with Gasteiger partial charge in [-0.2, -0.15) is 0 Å². The maximum atomic E-state index is 14.5. The van der Waals surface area contributed by atoms with Crippen molar-refractivity contribution in [3.63, 3.8) is 0 Å². The van der Waals surface area contributed by atoms with Gasteiger partial charge in [-0.1, -0.05) is 18.2 Å². The zero-order chi connectivity index (χ0) is 22.4.